The summed E-state index contributed by atoms with van der Waals surface area (Å²) in [6, 6.07) is 12.4. The molecule has 4 heteroatoms. The summed E-state index contributed by atoms with van der Waals surface area (Å²) in [6.45, 7) is 2.87. The second-order valence-electron chi connectivity index (χ2n) is 5.39. The van der Waals surface area contributed by atoms with Crippen LogP contribution in [0.1, 0.15) is 35.4 Å². The summed E-state index contributed by atoms with van der Waals surface area (Å²) in [6.07, 6.45) is 1.68. The summed E-state index contributed by atoms with van der Waals surface area (Å²) >= 11 is 1.70. The molecule has 2 atom stereocenters. The molecule has 0 fully saturated rings. The number of hydrogen-bond acceptors (Lipinski definition) is 3. The quantitative estimate of drug-likeness (QED) is 0.911. The highest BCUT2D eigenvalue weighted by Crippen LogP contribution is 2.22. The van der Waals surface area contributed by atoms with Gasteiger partial charge in [-0.25, -0.2) is 0 Å². The molecule has 2 N–H and O–H groups in total. The molecule has 0 spiro atoms. The van der Waals surface area contributed by atoms with Gasteiger partial charge in [-0.2, -0.15) is 0 Å². The smallest absolute Gasteiger partial charge is 0.237 e. The fraction of sp³-hybridized carbons (Fsp3) is 0.353. The third kappa shape index (κ3) is 3.17. The van der Waals surface area contributed by atoms with Gasteiger partial charge in [0.05, 0.1) is 12.1 Å². The molecule has 1 amide bonds. The summed E-state index contributed by atoms with van der Waals surface area (Å²) in [4.78, 5) is 13.7. The average molecular weight is 300 g/mol. The lowest BCUT2D eigenvalue weighted by Gasteiger charge is -2.27. The molecule has 3 rings (SSSR count). The second kappa shape index (κ2) is 6.41. The van der Waals surface area contributed by atoms with Crippen LogP contribution in [0.25, 0.3) is 0 Å². The fourth-order valence-electron chi connectivity index (χ4n) is 2.78. The Labute approximate surface area is 129 Å². The number of carbonyl (C=O) groups excluding carboxylic acids is 1. The zero-order valence-electron chi connectivity index (χ0n) is 12.1. The van der Waals surface area contributed by atoms with Gasteiger partial charge in [0.1, 0.15) is 0 Å². The molecule has 0 aliphatic carbocycles. The van der Waals surface area contributed by atoms with Crippen molar-refractivity contribution in [2.24, 2.45) is 0 Å². The Kier molecular flexibility index (Phi) is 4.36. The van der Waals surface area contributed by atoms with Crippen molar-refractivity contribution in [1.82, 2.24) is 10.6 Å². The Morgan fingerprint density at radius 2 is 2.14 bits per heavy atom. The van der Waals surface area contributed by atoms with Gasteiger partial charge in [-0.15, -0.1) is 11.3 Å². The van der Waals surface area contributed by atoms with Crippen molar-refractivity contribution in [2.75, 3.05) is 0 Å². The molecule has 0 bridgehead atoms. The van der Waals surface area contributed by atoms with Gasteiger partial charge in [-0.3, -0.25) is 4.79 Å². The molecule has 3 nitrogen and oxygen atoms in total. The van der Waals surface area contributed by atoms with Crippen molar-refractivity contribution >= 4 is 17.2 Å². The molecule has 110 valence electrons. The topological polar surface area (TPSA) is 41.1 Å². The van der Waals surface area contributed by atoms with Crippen molar-refractivity contribution < 1.29 is 4.79 Å². The summed E-state index contributed by atoms with van der Waals surface area (Å²) in [5.74, 6) is 0.102. The summed E-state index contributed by atoms with van der Waals surface area (Å²) in [5, 5.41) is 8.57. The van der Waals surface area contributed by atoms with E-state index in [1.165, 1.54) is 16.0 Å². The van der Waals surface area contributed by atoms with Crippen LogP contribution in [0.3, 0.4) is 0 Å². The van der Waals surface area contributed by atoms with Gasteiger partial charge in [0, 0.05) is 11.4 Å². The minimum Gasteiger partial charge on any atom is -0.347 e. The molecule has 0 radical (unpaired) electrons. The van der Waals surface area contributed by atoms with E-state index in [0.717, 1.165) is 19.4 Å². The third-order valence-corrected chi connectivity index (χ3v) is 5.00. The largest absolute Gasteiger partial charge is 0.347 e. The number of thiophene rings is 1. The Bertz CT molecular complexity index is 609. The van der Waals surface area contributed by atoms with Crippen LogP contribution < -0.4 is 10.6 Å². The SMILES string of the molecule is CCC(NC(=O)[C@H]1Cc2ccccc2CN1)c1cccs1. The molecule has 0 saturated heterocycles. The van der Waals surface area contributed by atoms with E-state index in [9.17, 15) is 4.79 Å². The second-order valence-corrected chi connectivity index (χ2v) is 6.37. The first-order valence-corrected chi connectivity index (χ1v) is 8.30. The van der Waals surface area contributed by atoms with Crippen LogP contribution in [0.15, 0.2) is 41.8 Å². The van der Waals surface area contributed by atoms with E-state index < -0.39 is 0 Å². The number of hydrogen-bond donors (Lipinski definition) is 2. The Hall–Kier alpha value is -1.65. The lowest BCUT2D eigenvalue weighted by molar-refractivity contribution is -0.124. The first-order valence-electron chi connectivity index (χ1n) is 7.42. The first kappa shape index (κ1) is 14.3. The zero-order valence-corrected chi connectivity index (χ0v) is 13.0. The van der Waals surface area contributed by atoms with Gasteiger partial charge in [0.25, 0.3) is 0 Å². The minimum atomic E-state index is -0.131. The minimum absolute atomic E-state index is 0.102. The monoisotopic (exact) mass is 300 g/mol. The van der Waals surface area contributed by atoms with Crippen LogP contribution in [-0.4, -0.2) is 11.9 Å². The van der Waals surface area contributed by atoms with E-state index in [2.05, 4.69) is 41.1 Å². The maximum Gasteiger partial charge on any atom is 0.237 e. The summed E-state index contributed by atoms with van der Waals surface area (Å²) in [7, 11) is 0. The molecule has 1 aromatic carbocycles. The predicted molar refractivity (Wildman–Crippen MR) is 86.3 cm³/mol. The highest BCUT2D eigenvalue weighted by atomic mass is 32.1. The molecular weight excluding hydrogens is 280 g/mol. The molecule has 0 saturated carbocycles. The number of fused-ring (bicyclic) bond motifs is 1. The number of carbonyl (C=O) groups is 1. The predicted octanol–water partition coefficient (Wildman–Crippen LogP) is 3.03. The third-order valence-electron chi connectivity index (χ3n) is 4.01. The van der Waals surface area contributed by atoms with Crippen LogP contribution in [-0.2, 0) is 17.8 Å². The van der Waals surface area contributed by atoms with E-state index in [0.29, 0.717) is 0 Å². The van der Waals surface area contributed by atoms with Crippen molar-refractivity contribution in [3.63, 3.8) is 0 Å². The van der Waals surface area contributed by atoms with Crippen molar-refractivity contribution in [2.45, 2.75) is 38.4 Å². The summed E-state index contributed by atoms with van der Waals surface area (Å²) < 4.78 is 0. The van der Waals surface area contributed by atoms with E-state index in [1.807, 2.05) is 18.2 Å². The fourth-order valence-corrected chi connectivity index (χ4v) is 3.64. The Morgan fingerprint density at radius 3 is 2.86 bits per heavy atom. The molecular formula is C17H20N2OS. The Balaban J connectivity index is 1.66. The summed E-state index contributed by atoms with van der Waals surface area (Å²) in [5.41, 5.74) is 2.58. The van der Waals surface area contributed by atoms with E-state index in [4.69, 9.17) is 0 Å². The maximum atomic E-state index is 12.5. The van der Waals surface area contributed by atoms with Crippen molar-refractivity contribution in [3.8, 4) is 0 Å². The van der Waals surface area contributed by atoms with Gasteiger partial charge in [0.15, 0.2) is 0 Å². The molecule has 1 aliphatic rings. The van der Waals surface area contributed by atoms with Gasteiger partial charge in [-0.1, -0.05) is 37.3 Å². The van der Waals surface area contributed by atoms with Crippen LogP contribution in [0.5, 0.6) is 0 Å². The normalized spacial score (nSPS) is 18.8. The number of amides is 1. The van der Waals surface area contributed by atoms with Crippen LogP contribution in [0, 0.1) is 0 Å². The van der Waals surface area contributed by atoms with Gasteiger partial charge < -0.3 is 10.6 Å². The molecule has 1 aromatic heterocycles. The average Bonchev–Trinajstić information content (AvgIpc) is 3.06. The molecule has 2 aromatic rings. The lowest BCUT2D eigenvalue weighted by Crippen LogP contribution is -2.48. The van der Waals surface area contributed by atoms with Crippen molar-refractivity contribution in [3.05, 3.63) is 57.8 Å². The van der Waals surface area contributed by atoms with Crippen LogP contribution in [0.2, 0.25) is 0 Å². The molecule has 1 unspecified atom stereocenters. The Morgan fingerprint density at radius 1 is 1.33 bits per heavy atom. The van der Waals surface area contributed by atoms with Crippen LogP contribution >= 0.6 is 11.3 Å². The van der Waals surface area contributed by atoms with E-state index >= 15 is 0 Å². The molecule has 1 aliphatic heterocycles. The first-order chi connectivity index (χ1) is 10.3. The van der Waals surface area contributed by atoms with Gasteiger partial charge >= 0.3 is 0 Å². The van der Waals surface area contributed by atoms with E-state index in [1.54, 1.807) is 11.3 Å². The highest BCUT2D eigenvalue weighted by Gasteiger charge is 2.25. The van der Waals surface area contributed by atoms with E-state index in [-0.39, 0.29) is 18.0 Å². The molecule has 21 heavy (non-hydrogen) atoms. The van der Waals surface area contributed by atoms with Crippen molar-refractivity contribution in [1.29, 1.82) is 0 Å². The number of rotatable bonds is 4. The maximum absolute atomic E-state index is 12.5. The zero-order chi connectivity index (χ0) is 14.7. The van der Waals surface area contributed by atoms with Gasteiger partial charge in [-0.05, 0) is 35.4 Å². The number of benzene rings is 1. The highest BCUT2D eigenvalue weighted by molar-refractivity contribution is 7.10. The number of nitrogens with one attached hydrogen (secondary N) is 2. The standard InChI is InChI=1S/C17H20N2OS/c1-2-14(16-8-5-9-21-16)19-17(20)15-10-12-6-3-4-7-13(12)11-18-15/h3-9,14-15,18H,2,10-11H2,1H3,(H,19,20)/t14?,15-/m1/s1. The lowest BCUT2D eigenvalue weighted by atomic mass is 9.95. The van der Waals surface area contributed by atoms with Crippen LogP contribution in [0.4, 0.5) is 0 Å². The molecule has 2 heterocycles. The van der Waals surface area contributed by atoms with Gasteiger partial charge in [0.2, 0.25) is 5.91 Å².